The minimum atomic E-state index is -0.181. The number of benzene rings is 2. The van der Waals surface area contributed by atoms with Gasteiger partial charge in [-0.25, -0.2) is 9.97 Å². The zero-order valence-corrected chi connectivity index (χ0v) is 18.5. The molecule has 1 amide bonds. The first-order valence-electron chi connectivity index (χ1n) is 10.3. The van der Waals surface area contributed by atoms with Crippen molar-refractivity contribution >= 4 is 33.3 Å². The van der Waals surface area contributed by atoms with E-state index >= 15 is 0 Å². The molecule has 9 heteroatoms. The number of para-hydroxylation sites is 1. The Balaban J connectivity index is 1.17. The smallest absolute Gasteiger partial charge is 0.227 e. The zero-order valence-electron chi connectivity index (χ0n) is 17.7. The highest BCUT2D eigenvalue weighted by Gasteiger charge is 2.12. The zero-order chi connectivity index (χ0) is 22.6. The number of nitrogens with zero attached hydrogens (tertiary/aromatic N) is 4. The molecule has 3 aromatic heterocycles. The molecule has 164 valence electrons. The van der Waals surface area contributed by atoms with Crippen molar-refractivity contribution in [3.05, 3.63) is 72.8 Å². The Hall–Kier alpha value is -4.11. The van der Waals surface area contributed by atoms with Crippen LogP contribution in [0.25, 0.3) is 32.2 Å². The second-order valence-electron chi connectivity index (χ2n) is 7.21. The molecule has 3 heterocycles. The Labute approximate surface area is 193 Å². The number of methoxy groups -OCH3 is 1. The van der Waals surface area contributed by atoms with Crippen molar-refractivity contribution in [2.45, 2.75) is 12.8 Å². The molecule has 8 nitrogen and oxygen atoms in total. The quantitative estimate of drug-likeness (QED) is 0.367. The number of pyridine rings is 1. The van der Waals surface area contributed by atoms with Crippen molar-refractivity contribution < 1.29 is 14.1 Å². The van der Waals surface area contributed by atoms with E-state index in [0.717, 1.165) is 32.1 Å². The summed E-state index contributed by atoms with van der Waals surface area (Å²) in [6.07, 6.45) is 2.25. The normalized spacial score (nSPS) is 10.9. The molecule has 0 spiro atoms. The first-order valence-corrected chi connectivity index (χ1v) is 11.1. The number of rotatable bonds is 7. The lowest BCUT2D eigenvalue weighted by Gasteiger charge is -2.04. The molecule has 0 fully saturated rings. The second kappa shape index (κ2) is 9.17. The third-order valence-corrected chi connectivity index (χ3v) is 6.04. The lowest BCUT2D eigenvalue weighted by molar-refractivity contribution is -0.116. The number of hydrogen-bond acceptors (Lipinski definition) is 8. The molecule has 0 aliphatic heterocycles. The Morgan fingerprint density at radius 1 is 1.03 bits per heavy atom. The molecule has 0 aliphatic rings. The van der Waals surface area contributed by atoms with Gasteiger partial charge in [0, 0.05) is 30.2 Å². The Bertz CT molecular complexity index is 1360. The van der Waals surface area contributed by atoms with Crippen molar-refractivity contribution in [1.82, 2.24) is 20.1 Å². The number of aromatic nitrogens is 4. The maximum absolute atomic E-state index is 12.3. The van der Waals surface area contributed by atoms with Crippen LogP contribution in [0.1, 0.15) is 12.3 Å². The fraction of sp³-hybridized carbons (Fsp3) is 0.125. The summed E-state index contributed by atoms with van der Waals surface area (Å²) in [5.41, 5.74) is 2.69. The van der Waals surface area contributed by atoms with E-state index < -0.39 is 0 Å². The molecule has 33 heavy (non-hydrogen) atoms. The first kappa shape index (κ1) is 20.8. The highest BCUT2D eigenvalue weighted by Crippen LogP contribution is 2.29. The summed E-state index contributed by atoms with van der Waals surface area (Å²) >= 11 is 1.61. The third kappa shape index (κ3) is 4.73. The van der Waals surface area contributed by atoms with Gasteiger partial charge in [0.1, 0.15) is 16.6 Å². The van der Waals surface area contributed by atoms with Gasteiger partial charge in [-0.2, -0.15) is 4.98 Å². The van der Waals surface area contributed by atoms with Crippen molar-refractivity contribution in [2.75, 3.05) is 12.4 Å². The van der Waals surface area contributed by atoms with Gasteiger partial charge in [0.05, 0.1) is 17.3 Å². The summed E-state index contributed by atoms with van der Waals surface area (Å²) in [6.45, 7) is 0. The minimum Gasteiger partial charge on any atom is -0.497 e. The number of nitrogens with one attached hydrogen (secondary N) is 1. The maximum Gasteiger partial charge on any atom is 0.227 e. The molecule has 0 unspecified atom stereocenters. The van der Waals surface area contributed by atoms with Crippen LogP contribution in [0.4, 0.5) is 5.82 Å². The summed E-state index contributed by atoms with van der Waals surface area (Å²) in [4.78, 5) is 25.7. The Morgan fingerprint density at radius 2 is 1.85 bits per heavy atom. The first-order chi connectivity index (χ1) is 16.2. The second-order valence-corrected chi connectivity index (χ2v) is 8.24. The molecule has 0 radical (unpaired) electrons. The monoisotopic (exact) mass is 457 g/mol. The van der Waals surface area contributed by atoms with Crippen molar-refractivity contribution in [1.29, 1.82) is 0 Å². The van der Waals surface area contributed by atoms with E-state index in [4.69, 9.17) is 9.26 Å². The van der Waals surface area contributed by atoms with Crippen LogP contribution in [-0.4, -0.2) is 33.1 Å². The van der Waals surface area contributed by atoms with Crippen molar-refractivity contribution in [3.8, 4) is 27.7 Å². The molecular weight excluding hydrogens is 438 g/mol. The van der Waals surface area contributed by atoms with Crippen LogP contribution in [0.2, 0.25) is 0 Å². The molecule has 0 bridgehead atoms. The number of carbonyl (C=O) groups excluding carboxylic acids is 1. The molecule has 0 atom stereocenters. The predicted molar refractivity (Wildman–Crippen MR) is 126 cm³/mol. The molecule has 1 N–H and O–H groups in total. The molecule has 0 aliphatic carbocycles. The third-order valence-electron chi connectivity index (χ3n) is 4.95. The SMILES string of the molecule is COc1ccc(-c2noc(CCC(=O)Nc3ccc(-c4nc5ccccc5s4)cn3)n2)cc1. The van der Waals surface area contributed by atoms with Gasteiger partial charge in [0.25, 0.3) is 0 Å². The van der Waals surface area contributed by atoms with E-state index in [1.165, 1.54) is 0 Å². The van der Waals surface area contributed by atoms with Gasteiger partial charge in [0.2, 0.25) is 17.6 Å². The van der Waals surface area contributed by atoms with Crippen LogP contribution in [0.5, 0.6) is 5.75 Å². The largest absolute Gasteiger partial charge is 0.497 e. The Kier molecular flexibility index (Phi) is 5.77. The van der Waals surface area contributed by atoms with Crippen LogP contribution < -0.4 is 10.1 Å². The summed E-state index contributed by atoms with van der Waals surface area (Å²) in [7, 11) is 1.61. The molecule has 5 rings (SSSR count). The van der Waals surface area contributed by atoms with Gasteiger partial charge < -0.3 is 14.6 Å². The van der Waals surface area contributed by atoms with Gasteiger partial charge in [-0.05, 0) is 48.5 Å². The lowest BCUT2D eigenvalue weighted by atomic mass is 10.2. The predicted octanol–water partition coefficient (Wildman–Crippen LogP) is 4.99. The van der Waals surface area contributed by atoms with Gasteiger partial charge in [0.15, 0.2) is 0 Å². The standard InChI is InChI=1S/C24H19N5O3S/c1-31-17-9-6-15(7-10-17)23-28-22(32-29-23)13-12-21(30)27-20-11-8-16(14-25-20)24-26-18-4-2-3-5-19(18)33-24/h2-11,14H,12-13H2,1H3,(H,25,27,30). The van der Waals surface area contributed by atoms with Crippen molar-refractivity contribution in [3.63, 3.8) is 0 Å². The van der Waals surface area contributed by atoms with Crippen LogP contribution >= 0.6 is 11.3 Å². The van der Waals surface area contributed by atoms with Crippen LogP contribution in [0.15, 0.2) is 71.4 Å². The number of thiazole rings is 1. The average molecular weight is 458 g/mol. The molecule has 0 saturated heterocycles. The number of anilines is 1. The number of aryl methyl sites for hydroxylation is 1. The van der Waals surface area contributed by atoms with Crippen LogP contribution in [0, 0.1) is 0 Å². The molecular formula is C24H19N5O3S. The number of ether oxygens (including phenoxy) is 1. The van der Waals surface area contributed by atoms with Gasteiger partial charge in [-0.15, -0.1) is 11.3 Å². The van der Waals surface area contributed by atoms with E-state index in [0.29, 0.717) is 24.0 Å². The van der Waals surface area contributed by atoms with Gasteiger partial charge in [-0.3, -0.25) is 4.79 Å². The summed E-state index contributed by atoms with van der Waals surface area (Å²) in [5, 5.41) is 7.67. The van der Waals surface area contributed by atoms with Crippen LogP contribution in [-0.2, 0) is 11.2 Å². The van der Waals surface area contributed by atoms with E-state index in [-0.39, 0.29) is 12.3 Å². The summed E-state index contributed by atoms with van der Waals surface area (Å²) < 4.78 is 11.5. The highest BCUT2D eigenvalue weighted by molar-refractivity contribution is 7.21. The molecule has 5 aromatic rings. The van der Waals surface area contributed by atoms with Gasteiger partial charge >= 0.3 is 0 Å². The topological polar surface area (TPSA) is 103 Å². The summed E-state index contributed by atoms with van der Waals surface area (Å²) in [5.74, 6) is 1.92. The fourth-order valence-corrected chi connectivity index (χ4v) is 4.19. The highest BCUT2D eigenvalue weighted by atomic mass is 32.1. The van der Waals surface area contributed by atoms with E-state index in [1.807, 2.05) is 54.6 Å². The number of carbonyl (C=O) groups is 1. The van der Waals surface area contributed by atoms with Crippen LogP contribution in [0.3, 0.4) is 0 Å². The van der Waals surface area contributed by atoms with E-state index in [2.05, 4.69) is 25.4 Å². The number of hydrogen-bond donors (Lipinski definition) is 1. The molecule has 0 saturated carbocycles. The molecule has 2 aromatic carbocycles. The van der Waals surface area contributed by atoms with E-state index in [1.54, 1.807) is 30.7 Å². The lowest BCUT2D eigenvalue weighted by Crippen LogP contribution is -2.13. The van der Waals surface area contributed by atoms with Gasteiger partial charge in [-0.1, -0.05) is 17.3 Å². The number of fused-ring (bicyclic) bond motifs is 1. The fourth-order valence-electron chi connectivity index (χ4n) is 3.23. The van der Waals surface area contributed by atoms with Crippen molar-refractivity contribution in [2.24, 2.45) is 0 Å². The number of amides is 1. The maximum atomic E-state index is 12.3. The summed E-state index contributed by atoms with van der Waals surface area (Å²) in [6, 6.07) is 19.0. The average Bonchev–Trinajstić information content (AvgIpc) is 3.51. The minimum absolute atomic E-state index is 0.181. The Morgan fingerprint density at radius 3 is 2.61 bits per heavy atom. The van der Waals surface area contributed by atoms with E-state index in [9.17, 15) is 4.79 Å².